The van der Waals surface area contributed by atoms with Crippen molar-refractivity contribution in [2.75, 3.05) is 18.8 Å². The quantitative estimate of drug-likeness (QED) is 0.846. The Morgan fingerprint density at radius 2 is 2.11 bits per heavy atom. The summed E-state index contributed by atoms with van der Waals surface area (Å²) < 4.78 is 0. The Morgan fingerprint density at radius 1 is 1.37 bits per heavy atom. The molecule has 0 unspecified atom stereocenters. The predicted octanol–water partition coefficient (Wildman–Crippen LogP) is 2.85. The van der Waals surface area contributed by atoms with Gasteiger partial charge in [-0.05, 0) is 42.4 Å². The zero-order chi connectivity index (χ0) is 13.9. The summed E-state index contributed by atoms with van der Waals surface area (Å²) in [7, 11) is 0. The Morgan fingerprint density at radius 3 is 2.68 bits per heavy atom. The minimum Gasteiger partial charge on any atom is -0.399 e. The summed E-state index contributed by atoms with van der Waals surface area (Å²) in [6.07, 6.45) is 3.92. The largest absolute Gasteiger partial charge is 0.399 e. The third-order valence-corrected chi connectivity index (χ3v) is 4.60. The molecule has 1 aliphatic heterocycles. The van der Waals surface area contributed by atoms with Gasteiger partial charge in [0.2, 0.25) is 5.91 Å². The van der Waals surface area contributed by atoms with Crippen LogP contribution in [0.25, 0.3) is 0 Å². The molecule has 0 atom stereocenters. The number of hydrogen-bond acceptors (Lipinski definition) is 2. The van der Waals surface area contributed by atoms with Crippen LogP contribution < -0.4 is 5.73 Å². The molecule has 0 aromatic heterocycles. The highest BCUT2D eigenvalue weighted by Gasteiger charge is 2.36. The molecular weight excluding hydrogens is 236 g/mol. The van der Waals surface area contributed by atoms with E-state index >= 15 is 0 Å². The van der Waals surface area contributed by atoms with Crippen LogP contribution in [-0.4, -0.2) is 23.9 Å². The number of carbonyl (C=O) groups is 1. The maximum Gasteiger partial charge on any atom is 0.227 e. The Balaban J connectivity index is 1.98. The summed E-state index contributed by atoms with van der Waals surface area (Å²) in [6, 6.07) is 7.62. The van der Waals surface area contributed by atoms with Gasteiger partial charge in [0.1, 0.15) is 0 Å². The van der Waals surface area contributed by atoms with Crippen LogP contribution in [0.2, 0.25) is 0 Å². The fourth-order valence-corrected chi connectivity index (χ4v) is 2.96. The second kappa shape index (κ2) is 5.64. The smallest absolute Gasteiger partial charge is 0.227 e. The van der Waals surface area contributed by atoms with Crippen molar-refractivity contribution in [3.8, 4) is 0 Å². The van der Waals surface area contributed by atoms with Crippen molar-refractivity contribution < 1.29 is 4.79 Å². The van der Waals surface area contributed by atoms with Crippen molar-refractivity contribution >= 4 is 11.6 Å². The van der Waals surface area contributed by atoms with Crippen LogP contribution in [0, 0.1) is 5.41 Å². The van der Waals surface area contributed by atoms with Gasteiger partial charge in [-0.2, -0.15) is 0 Å². The van der Waals surface area contributed by atoms with Crippen LogP contribution in [0.15, 0.2) is 24.3 Å². The van der Waals surface area contributed by atoms with Gasteiger partial charge in [-0.15, -0.1) is 0 Å². The van der Waals surface area contributed by atoms with E-state index < -0.39 is 0 Å². The average molecular weight is 260 g/mol. The molecule has 2 N–H and O–H groups in total. The molecule has 1 saturated heterocycles. The molecule has 1 aromatic rings. The average Bonchev–Trinajstić information content (AvgIpc) is 2.84. The number of nitrogen functional groups attached to an aromatic ring is 1. The number of rotatable bonds is 4. The molecule has 2 rings (SSSR count). The van der Waals surface area contributed by atoms with Crippen molar-refractivity contribution in [3.05, 3.63) is 29.8 Å². The van der Waals surface area contributed by atoms with Gasteiger partial charge in [0.25, 0.3) is 0 Å². The number of nitrogens with zero attached hydrogens (tertiary/aromatic N) is 1. The molecular formula is C16H24N2O. The summed E-state index contributed by atoms with van der Waals surface area (Å²) >= 11 is 0. The number of nitrogens with two attached hydrogens (primary N) is 1. The number of benzene rings is 1. The molecule has 1 heterocycles. The minimum absolute atomic E-state index is 0.231. The Bertz CT molecular complexity index is 452. The first-order valence-corrected chi connectivity index (χ1v) is 7.21. The molecule has 1 aliphatic rings. The van der Waals surface area contributed by atoms with E-state index in [1.165, 1.54) is 0 Å². The Hall–Kier alpha value is -1.51. The predicted molar refractivity (Wildman–Crippen MR) is 78.8 cm³/mol. The van der Waals surface area contributed by atoms with E-state index in [9.17, 15) is 4.79 Å². The molecule has 1 amide bonds. The molecule has 1 aromatic carbocycles. The first kappa shape index (κ1) is 13.9. The topological polar surface area (TPSA) is 46.3 Å². The van der Waals surface area contributed by atoms with Crippen LogP contribution in [0.5, 0.6) is 0 Å². The van der Waals surface area contributed by atoms with Gasteiger partial charge in [-0.25, -0.2) is 0 Å². The van der Waals surface area contributed by atoms with Gasteiger partial charge in [-0.1, -0.05) is 26.0 Å². The highest BCUT2D eigenvalue weighted by Crippen LogP contribution is 2.37. The molecule has 3 nitrogen and oxygen atoms in total. The maximum absolute atomic E-state index is 12.3. The lowest BCUT2D eigenvalue weighted by Gasteiger charge is -2.26. The zero-order valence-corrected chi connectivity index (χ0v) is 12.0. The third-order valence-electron chi connectivity index (χ3n) is 4.60. The van der Waals surface area contributed by atoms with E-state index in [1.54, 1.807) is 0 Å². The second-order valence-corrected chi connectivity index (χ2v) is 5.69. The van der Waals surface area contributed by atoms with Crippen LogP contribution >= 0.6 is 0 Å². The second-order valence-electron chi connectivity index (χ2n) is 5.69. The molecule has 3 heteroatoms. The minimum atomic E-state index is 0.231. The Kier molecular flexibility index (Phi) is 4.13. The van der Waals surface area contributed by atoms with Gasteiger partial charge in [-0.3, -0.25) is 4.79 Å². The fraction of sp³-hybridized carbons (Fsp3) is 0.562. The molecule has 0 spiro atoms. The molecule has 104 valence electrons. The zero-order valence-electron chi connectivity index (χ0n) is 12.0. The number of hydrogen-bond donors (Lipinski definition) is 1. The summed E-state index contributed by atoms with van der Waals surface area (Å²) in [4.78, 5) is 14.4. The molecule has 1 fully saturated rings. The lowest BCUT2D eigenvalue weighted by molar-refractivity contribution is -0.129. The van der Waals surface area contributed by atoms with Crippen molar-refractivity contribution in [1.82, 2.24) is 4.90 Å². The summed E-state index contributed by atoms with van der Waals surface area (Å²) in [6.45, 7) is 6.29. The maximum atomic E-state index is 12.3. The lowest BCUT2D eigenvalue weighted by atomic mass is 9.82. The van der Waals surface area contributed by atoms with Crippen LogP contribution in [-0.2, 0) is 11.2 Å². The standard InChI is InChI=1S/C16H24N2O/c1-3-16(4-2)8-9-18(12-16)15(19)11-13-6-5-7-14(17)10-13/h5-7,10H,3-4,8-9,11-12,17H2,1-2H3. The van der Waals surface area contributed by atoms with E-state index in [1.807, 2.05) is 29.2 Å². The molecule has 0 aliphatic carbocycles. The summed E-state index contributed by atoms with van der Waals surface area (Å²) in [5.74, 6) is 0.231. The third kappa shape index (κ3) is 3.09. The van der Waals surface area contributed by atoms with Gasteiger partial charge in [0.05, 0.1) is 6.42 Å². The van der Waals surface area contributed by atoms with Crippen LogP contribution in [0.1, 0.15) is 38.7 Å². The van der Waals surface area contributed by atoms with E-state index in [2.05, 4.69) is 13.8 Å². The Labute approximate surface area is 115 Å². The fourth-order valence-electron chi connectivity index (χ4n) is 2.96. The number of anilines is 1. The molecule has 0 saturated carbocycles. The number of carbonyl (C=O) groups excluding carboxylic acids is 1. The van der Waals surface area contributed by atoms with Gasteiger partial charge in [0, 0.05) is 18.8 Å². The highest BCUT2D eigenvalue weighted by atomic mass is 16.2. The van der Waals surface area contributed by atoms with Crippen molar-refractivity contribution in [1.29, 1.82) is 0 Å². The first-order chi connectivity index (χ1) is 9.08. The monoisotopic (exact) mass is 260 g/mol. The first-order valence-electron chi connectivity index (χ1n) is 7.21. The van der Waals surface area contributed by atoms with Crippen LogP contribution in [0.3, 0.4) is 0 Å². The van der Waals surface area contributed by atoms with Crippen molar-refractivity contribution in [2.24, 2.45) is 5.41 Å². The van der Waals surface area contributed by atoms with E-state index in [-0.39, 0.29) is 5.91 Å². The SMILES string of the molecule is CCC1(CC)CCN(C(=O)Cc2cccc(N)c2)C1. The normalized spacial score (nSPS) is 17.7. The van der Waals surface area contributed by atoms with Gasteiger partial charge >= 0.3 is 0 Å². The molecule has 0 bridgehead atoms. The lowest BCUT2D eigenvalue weighted by Crippen LogP contribution is -2.32. The van der Waals surface area contributed by atoms with E-state index in [4.69, 9.17) is 5.73 Å². The van der Waals surface area contributed by atoms with Gasteiger partial charge < -0.3 is 10.6 Å². The summed E-state index contributed by atoms with van der Waals surface area (Å²) in [5, 5.41) is 0. The molecule has 19 heavy (non-hydrogen) atoms. The van der Waals surface area contributed by atoms with Crippen LogP contribution in [0.4, 0.5) is 5.69 Å². The van der Waals surface area contributed by atoms with Crippen molar-refractivity contribution in [2.45, 2.75) is 39.5 Å². The van der Waals surface area contributed by atoms with E-state index in [0.29, 0.717) is 11.8 Å². The number of amides is 1. The van der Waals surface area contributed by atoms with E-state index in [0.717, 1.165) is 43.6 Å². The molecule has 0 radical (unpaired) electrons. The highest BCUT2D eigenvalue weighted by molar-refractivity contribution is 5.79. The van der Waals surface area contributed by atoms with Gasteiger partial charge in [0.15, 0.2) is 0 Å². The summed E-state index contributed by atoms with van der Waals surface area (Å²) in [5.41, 5.74) is 7.84. The van der Waals surface area contributed by atoms with Crippen molar-refractivity contribution in [3.63, 3.8) is 0 Å². The number of likely N-dealkylation sites (tertiary alicyclic amines) is 1.